The number of carboxylic acid groups (broad SMARTS) is 1. The summed E-state index contributed by atoms with van der Waals surface area (Å²) >= 11 is 0. The van der Waals surface area contributed by atoms with Crippen LogP contribution in [-0.2, 0) is 4.79 Å². The molecule has 7 heteroatoms. The van der Waals surface area contributed by atoms with E-state index in [4.69, 9.17) is 5.11 Å². The average Bonchev–Trinajstić information content (AvgIpc) is 2.79. The van der Waals surface area contributed by atoms with Crippen molar-refractivity contribution in [1.29, 1.82) is 0 Å². The average molecular weight is 292 g/mol. The van der Waals surface area contributed by atoms with Crippen molar-refractivity contribution in [2.24, 2.45) is 11.8 Å². The summed E-state index contributed by atoms with van der Waals surface area (Å²) in [5.74, 6) is -2.01. The lowest BCUT2D eigenvalue weighted by atomic mass is 9.99. The van der Waals surface area contributed by atoms with Gasteiger partial charge in [-0.1, -0.05) is 6.92 Å². The molecule has 2 rings (SSSR count). The molecule has 1 heterocycles. The third-order valence-electron chi connectivity index (χ3n) is 3.74. The van der Waals surface area contributed by atoms with Crippen LogP contribution in [0.15, 0.2) is 18.2 Å². The number of carbonyl (C=O) groups excluding carboxylic acids is 1. The number of nitrogens with zero attached hydrogens (tertiary/aromatic N) is 2. The highest BCUT2D eigenvalue weighted by molar-refractivity contribution is 5.95. The Labute approximate surface area is 121 Å². The predicted molar refractivity (Wildman–Crippen MR) is 74.0 cm³/mol. The molecule has 21 heavy (non-hydrogen) atoms. The fourth-order valence-electron chi connectivity index (χ4n) is 2.63. The zero-order valence-corrected chi connectivity index (χ0v) is 11.8. The Morgan fingerprint density at radius 1 is 1.33 bits per heavy atom. The minimum Gasteiger partial charge on any atom is -0.481 e. The van der Waals surface area contributed by atoms with Gasteiger partial charge in [-0.3, -0.25) is 19.7 Å². The molecule has 1 saturated heterocycles. The van der Waals surface area contributed by atoms with Crippen LogP contribution in [0.4, 0.5) is 5.69 Å². The van der Waals surface area contributed by atoms with E-state index in [2.05, 4.69) is 0 Å². The fraction of sp³-hybridized carbons (Fsp3) is 0.429. The SMILES string of the molecule is Cc1cc(C(=O)N2C[C@@H](C)[C@H](C(=O)O)C2)cc([N+](=O)[O-])c1. The summed E-state index contributed by atoms with van der Waals surface area (Å²) in [6.45, 7) is 3.94. The molecule has 0 aromatic heterocycles. The summed E-state index contributed by atoms with van der Waals surface area (Å²) in [5.41, 5.74) is 0.704. The van der Waals surface area contributed by atoms with E-state index in [1.54, 1.807) is 19.9 Å². The molecule has 0 spiro atoms. The second kappa shape index (κ2) is 5.51. The van der Waals surface area contributed by atoms with E-state index >= 15 is 0 Å². The van der Waals surface area contributed by atoms with Crippen LogP contribution in [-0.4, -0.2) is 39.9 Å². The molecule has 0 aliphatic carbocycles. The first-order valence-corrected chi connectivity index (χ1v) is 6.57. The summed E-state index contributed by atoms with van der Waals surface area (Å²) < 4.78 is 0. The number of hydrogen-bond donors (Lipinski definition) is 1. The monoisotopic (exact) mass is 292 g/mol. The Bertz CT molecular complexity index is 613. The third kappa shape index (κ3) is 3.01. The number of aryl methyl sites for hydroxylation is 1. The van der Waals surface area contributed by atoms with Crippen molar-refractivity contribution in [1.82, 2.24) is 4.90 Å². The molecule has 0 radical (unpaired) electrons. The van der Waals surface area contributed by atoms with Crippen molar-refractivity contribution >= 4 is 17.6 Å². The molecule has 0 unspecified atom stereocenters. The van der Waals surface area contributed by atoms with Gasteiger partial charge in [-0.2, -0.15) is 0 Å². The summed E-state index contributed by atoms with van der Waals surface area (Å²) in [6, 6.07) is 4.20. The van der Waals surface area contributed by atoms with Crippen LogP contribution in [0.3, 0.4) is 0 Å². The number of amides is 1. The van der Waals surface area contributed by atoms with Gasteiger partial charge in [-0.25, -0.2) is 0 Å². The maximum atomic E-state index is 12.4. The molecule has 112 valence electrons. The first kappa shape index (κ1) is 15.0. The molecule has 1 amide bonds. The van der Waals surface area contributed by atoms with Gasteiger partial charge in [-0.15, -0.1) is 0 Å². The summed E-state index contributed by atoms with van der Waals surface area (Å²) in [4.78, 5) is 35.2. The van der Waals surface area contributed by atoms with Crippen LogP contribution >= 0.6 is 0 Å². The number of likely N-dealkylation sites (tertiary alicyclic amines) is 1. The molecule has 0 saturated carbocycles. The second-order valence-electron chi connectivity index (χ2n) is 5.45. The minimum atomic E-state index is -0.923. The van der Waals surface area contributed by atoms with Gasteiger partial charge in [0.05, 0.1) is 10.8 Å². The molecule has 1 N–H and O–H groups in total. The third-order valence-corrected chi connectivity index (χ3v) is 3.74. The second-order valence-corrected chi connectivity index (χ2v) is 5.45. The molecule has 2 atom stereocenters. The Kier molecular flexibility index (Phi) is 3.93. The van der Waals surface area contributed by atoms with E-state index in [0.29, 0.717) is 12.1 Å². The van der Waals surface area contributed by atoms with E-state index in [9.17, 15) is 19.7 Å². The number of benzene rings is 1. The Morgan fingerprint density at radius 2 is 2.00 bits per heavy atom. The maximum Gasteiger partial charge on any atom is 0.308 e. The normalized spacial score (nSPS) is 21.3. The summed E-state index contributed by atoms with van der Waals surface area (Å²) in [6.07, 6.45) is 0. The number of rotatable bonds is 3. The van der Waals surface area contributed by atoms with Gasteiger partial charge in [0.2, 0.25) is 0 Å². The minimum absolute atomic E-state index is 0.133. The lowest BCUT2D eigenvalue weighted by Gasteiger charge is -2.16. The predicted octanol–water partition coefficient (Wildman–Crippen LogP) is 1.70. The number of aliphatic carboxylic acids is 1. The number of nitro groups is 1. The highest BCUT2D eigenvalue weighted by atomic mass is 16.6. The molecule has 1 aliphatic heterocycles. The van der Waals surface area contributed by atoms with Gasteiger partial charge >= 0.3 is 5.97 Å². The standard InChI is InChI=1S/C14H16N2O5/c1-8-3-10(5-11(4-8)16(20)21)13(17)15-6-9(2)12(7-15)14(18)19/h3-5,9,12H,6-7H2,1-2H3,(H,18,19)/t9-,12-/m1/s1. The zero-order chi connectivity index (χ0) is 15.7. The lowest BCUT2D eigenvalue weighted by molar-refractivity contribution is -0.384. The molecule has 1 aromatic rings. The van der Waals surface area contributed by atoms with Crippen LogP contribution in [0, 0.1) is 28.9 Å². The van der Waals surface area contributed by atoms with Crippen molar-refractivity contribution in [2.75, 3.05) is 13.1 Å². The lowest BCUT2D eigenvalue weighted by Crippen LogP contribution is -2.30. The Hall–Kier alpha value is -2.44. The van der Waals surface area contributed by atoms with Gasteiger partial charge in [0.15, 0.2) is 0 Å². The summed E-state index contributed by atoms with van der Waals surface area (Å²) in [7, 11) is 0. The van der Waals surface area contributed by atoms with E-state index in [1.807, 2.05) is 0 Å². The van der Waals surface area contributed by atoms with Gasteiger partial charge in [-0.05, 0) is 24.5 Å². The molecular formula is C14H16N2O5. The van der Waals surface area contributed by atoms with E-state index in [0.717, 1.165) is 0 Å². The number of hydrogen-bond acceptors (Lipinski definition) is 4. The molecule has 1 fully saturated rings. The highest BCUT2D eigenvalue weighted by Crippen LogP contribution is 2.26. The smallest absolute Gasteiger partial charge is 0.308 e. The van der Waals surface area contributed by atoms with Gasteiger partial charge < -0.3 is 10.0 Å². The fourth-order valence-corrected chi connectivity index (χ4v) is 2.63. The van der Waals surface area contributed by atoms with Gasteiger partial charge in [0.1, 0.15) is 0 Å². The van der Waals surface area contributed by atoms with Crippen LogP contribution in [0.5, 0.6) is 0 Å². The topological polar surface area (TPSA) is 101 Å². The van der Waals surface area contributed by atoms with E-state index in [1.165, 1.54) is 17.0 Å². The molecule has 7 nitrogen and oxygen atoms in total. The van der Waals surface area contributed by atoms with E-state index in [-0.39, 0.29) is 29.6 Å². The highest BCUT2D eigenvalue weighted by Gasteiger charge is 2.37. The van der Waals surface area contributed by atoms with Crippen molar-refractivity contribution in [3.63, 3.8) is 0 Å². The van der Waals surface area contributed by atoms with Crippen molar-refractivity contribution in [3.8, 4) is 0 Å². The molecule has 1 aromatic carbocycles. The molecular weight excluding hydrogens is 276 g/mol. The van der Waals surface area contributed by atoms with Gasteiger partial charge in [0, 0.05) is 30.8 Å². The maximum absolute atomic E-state index is 12.4. The summed E-state index contributed by atoms with van der Waals surface area (Å²) in [5, 5.41) is 19.9. The number of carbonyl (C=O) groups is 2. The number of carboxylic acids is 1. The quantitative estimate of drug-likeness (QED) is 0.675. The molecule has 0 bridgehead atoms. The number of nitro benzene ring substituents is 1. The molecule has 1 aliphatic rings. The first-order valence-electron chi connectivity index (χ1n) is 6.57. The van der Waals surface area contributed by atoms with Crippen molar-refractivity contribution in [3.05, 3.63) is 39.4 Å². The Balaban J connectivity index is 2.25. The zero-order valence-electron chi connectivity index (χ0n) is 11.8. The van der Waals surface area contributed by atoms with E-state index < -0.39 is 16.8 Å². The van der Waals surface area contributed by atoms with Gasteiger partial charge in [0.25, 0.3) is 11.6 Å². The largest absolute Gasteiger partial charge is 0.481 e. The first-order chi connectivity index (χ1) is 9.79. The van der Waals surface area contributed by atoms with Crippen molar-refractivity contribution < 1.29 is 19.6 Å². The van der Waals surface area contributed by atoms with Crippen LogP contribution in [0.25, 0.3) is 0 Å². The van der Waals surface area contributed by atoms with Crippen LogP contribution in [0.2, 0.25) is 0 Å². The Morgan fingerprint density at radius 3 is 2.52 bits per heavy atom. The van der Waals surface area contributed by atoms with Crippen LogP contribution in [0.1, 0.15) is 22.8 Å². The van der Waals surface area contributed by atoms with Crippen LogP contribution < -0.4 is 0 Å². The number of non-ortho nitro benzene ring substituents is 1. The van der Waals surface area contributed by atoms with Crippen molar-refractivity contribution in [2.45, 2.75) is 13.8 Å².